The zero-order valence-corrected chi connectivity index (χ0v) is 14.4. The van der Waals surface area contributed by atoms with Crippen molar-refractivity contribution in [3.63, 3.8) is 0 Å². The summed E-state index contributed by atoms with van der Waals surface area (Å²) in [4.78, 5) is 12.2. The zero-order valence-electron chi connectivity index (χ0n) is 12.0. The van der Waals surface area contributed by atoms with Gasteiger partial charge in [-0.1, -0.05) is 22.0 Å². The van der Waals surface area contributed by atoms with E-state index in [9.17, 15) is 4.79 Å². The SMILES string of the molecule is Cl.NCCNC(=O)c1nn(-c2cccc(Br)c2)c2c1CCC2. The maximum Gasteiger partial charge on any atom is 0.272 e. The highest BCUT2D eigenvalue weighted by molar-refractivity contribution is 9.10. The van der Waals surface area contributed by atoms with E-state index in [2.05, 4.69) is 26.3 Å². The van der Waals surface area contributed by atoms with Gasteiger partial charge < -0.3 is 11.1 Å². The molecule has 3 N–H and O–H groups in total. The van der Waals surface area contributed by atoms with Crippen LogP contribution in [0.5, 0.6) is 0 Å². The second-order valence-electron chi connectivity index (χ2n) is 5.06. The molecule has 1 heterocycles. The highest BCUT2D eigenvalue weighted by Gasteiger charge is 2.26. The van der Waals surface area contributed by atoms with Crippen molar-refractivity contribution in [2.45, 2.75) is 19.3 Å². The zero-order chi connectivity index (χ0) is 14.8. The molecular formula is C15H18BrClN4O. The molecule has 1 aromatic heterocycles. The average molecular weight is 386 g/mol. The Kier molecular flexibility index (Phi) is 5.61. The maximum absolute atomic E-state index is 12.2. The van der Waals surface area contributed by atoms with E-state index in [0.717, 1.165) is 40.7 Å². The summed E-state index contributed by atoms with van der Waals surface area (Å²) in [5.74, 6) is -0.132. The molecule has 1 aromatic carbocycles. The summed E-state index contributed by atoms with van der Waals surface area (Å²) < 4.78 is 2.89. The van der Waals surface area contributed by atoms with E-state index in [1.165, 1.54) is 0 Å². The van der Waals surface area contributed by atoms with Crippen LogP contribution in [0.25, 0.3) is 5.69 Å². The first kappa shape index (κ1) is 17.0. The van der Waals surface area contributed by atoms with Crippen molar-refractivity contribution in [3.05, 3.63) is 45.7 Å². The van der Waals surface area contributed by atoms with Crippen LogP contribution in [-0.2, 0) is 12.8 Å². The third kappa shape index (κ3) is 3.19. The molecule has 22 heavy (non-hydrogen) atoms. The van der Waals surface area contributed by atoms with Crippen LogP contribution in [0.15, 0.2) is 28.7 Å². The Morgan fingerprint density at radius 1 is 1.41 bits per heavy atom. The van der Waals surface area contributed by atoms with Crippen LogP contribution in [0.2, 0.25) is 0 Å². The Labute approximate surface area is 143 Å². The van der Waals surface area contributed by atoms with Crippen LogP contribution >= 0.6 is 28.3 Å². The van der Waals surface area contributed by atoms with Crippen molar-refractivity contribution in [3.8, 4) is 5.69 Å². The summed E-state index contributed by atoms with van der Waals surface area (Å²) in [6, 6.07) is 7.95. The number of carbonyl (C=O) groups excluding carboxylic acids is 1. The maximum atomic E-state index is 12.2. The number of nitrogens with zero attached hydrogens (tertiary/aromatic N) is 2. The minimum Gasteiger partial charge on any atom is -0.349 e. The van der Waals surface area contributed by atoms with Crippen molar-refractivity contribution in [2.24, 2.45) is 5.73 Å². The molecule has 7 heteroatoms. The standard InChI is InChI=1S/C15H17BrN4O.ClH/c16-10-3-1-4-11(9-10)20-13-6-2-5-12(13)14(19-20)15(21)18-8-7-17;/h1,3-4,9H,2,5-8,17H2,(H,18,21);1H. The lowest BCUT2D eigenvalue weighted by Gasteiger charge is -2.05. The van der Waals surface area contributed by atoms with E-state index < -0.39 is 0 Å². The molecule has 118 valence electrons. The number of carbonyl (C=O) groups is 1. The van der Waals surface area contributed by atoms with Crippen molar-refractivity contribution in [1.82, 2.24) is 15.1 Å². The number of rotatable bonds is 4. The Morgan fingerprint density at radius 3 is 2.95 bits per heavy atom. The molecule has 0 radical (unpaired) electrons. The molecule has 0 unspecified atom stereocenters. The number of nitrogens with two attached hydrogens (primary N) is 1. The van der Waals surface area contributed by atoms with Gasteiger partial charge in [0.2, 0.25) is 0 Å². The molecule has 0 aliphatic heterocycles. The smallest absolute Gasteiger partial charge is 0.272 e. The Bertz CT molecular complexity index is 686. The quantitative estimate of drug-likeness (QED) is 0.847. The highest BCUT2D eigenvalue weighted by Crippen LogP contribution is 2.28. The van der Waals surface area contributed by atoms with E-state index in [0.29, 0.717) is 18.8 Å². The van der Waals surface area contributed by atoms with Crippen molar-refractivity contribution in [2.75, 3.05) is 13.1 Å². The van der Waals surface area contributed by atoms with Crippen LogP contribution in [0.4, 0.5) is 0 Å². The van der Waals surface area contributed by atoms with Gasteiger partial charge in [0.1, 0.15) is 0 Å². The third-order valence-corrected chi connectivity index (χ3v) is 4.12. The number of hydrogen-bond acceptors (Lipinski definition) is 3. The van der Waals surface area contributed by atoms with Gasteiger partial charge in [-0.25, -0.2) is 4.68 Å². The molecule has 0 saturated heterocycles. The van der Waals surface area contributed by atoms with Crippen LogP contribution in [-0.4, -0.2) is 28.8 Å². The number of nitrogens with one attached hydrogen (secondary N) is 1. The van der Waals surface area contributed by atoms with E-state index in [1.807, 2.05) is 28.9 Å². The summed E-state index contributed by atoms with van der Waals surface area (Å²) >= 11 is 3.48. The van der Waals surface area contributed by atoms with Gasteiger partial charge in [-0.15, -0.1) is 12.4 Å². The Balaban J connectivity index is 0.00000176. The summed E-state index contributed by atoms with van der Waals surface area (Å²) in [6.07, 6.45) is 2.94. The minimum atomic E-state index is -0.132. The molecule has 3 rings (SSSR count). The first-order valence-electron chi connectivity index (χ1n) is 7.05. The number of amides is 1. The molecule has 5 nitrogen and oxygen atoms in total. The summed E-state index contributed by atoms with van der Waals surface area (Å²) in [7, 11) is 0. The molecule has 1 aliphatic rings. The van der Waals surface area contributed by atoms with Crippen molar-refractivity contribution in [1.29, 1.82) is 0 Å². The number of fused-ring (bicyclic) bond motifs is 1. The van der Waals surface area contributed by atoms with Gasteiger partial charge in [0.05, 0.1) is 5.69 Å². The molecule has 1 aliphatic carbocycles. The van der Waals surface area contributed by atoms with E-state index in [-0.39, 0.29) is 18.3 Å². The van der Waals surface area contributed by atoms with Crippen LogP contribution in [0.3, 0.4) is 0 Å². The number of hydrogen-bond donors (Lipinski definition) is 2. The highest BCUT2D eigenvalue weighted by atomic mass is 79.9. The summed E-state index contributed by atoms with van der Waals surface area (Å²) in [6.45, 7) is 0.900. The van der Waals surface area contributed by atoms with Gasteiger partial charge in [-0.05, 0) is 37.5 Å². The van der Waals surface area contributed by atoms with Gasteiger partial charge in [0, 0.05) is 28.8 Å². The fourth-order valence-electron chi connectivity index (χ4n) is 2.71. The number of halogens is 2. The molecule has 2 aromatic rings. The van der Waals surface area contributed by atoms with Crippen LogP contribution < -0.4 is 11.1 Å². The Morgan fingerprint density at radius 2 is 2.23 bits per heavy atom. The third-order valence-electron chi connectivity index (χ3n) is 3.63. The van der Waals surface area contributed by atoms with Crippen LogP contribution in [0.1, 0.15) is 28.2 Å². The minimum absolute atomic E-state index is 0. The van der Waals surface area contributed by atoms with Gasteiger partial charge in [0.25, 0.3) is 5.91 Å². The molecule has 0 spiro atoms. The lowest BCUT2D eigenvalue weighted by atomic mass is 10.2. The van der Waals surface area contributed by atoms with Crippen molar-refractivity contribution < 1.29 is 4.79 Å². The summed E-state index contributed by atoms with van der Waals surface area (Å²) in [5.41, 5.74) is 9.16. The molecule has 0 bridgehead atoms. The fourth-order valence-corrected chi connectivity index (χ4v) is 3.10. The second kappa shape index (κ2) is 7.26. The molecular weight excluding hydrogens is 368 g/mol. The van der Waals surface area contributed by atoms with Gasteiger partial charge in [0.15, 0.2) is 5.69 Å². The summed E-state index contributed by atoms with van der Waals surface area (Å²) in [5, 5.41) is 7.34. The van der Waals surface area contributed by atoms with E-state index >= 15 is 0 Å². The average Bonchev–Trinajstić information content (AvgIpc) is 3.06. The molecule has 0 atom stereocenters. The predicted molar refractivity (Wildman–Crippen MR) is 91.9 cm³/mol. The van der Waals surface area contributed by atoms with Gasteiger partial charge in [-0.2, -0.15) is 5.10 Å². The normalized spacial score (nSPS) is 12.6. The first-order chi connectivity index (χ1) is 10.2. The molecule has 1 amide bonds. The predicted octanol–water partition coefficient (Wildman–Crippen LogP) is 2.23. The lowest BCUT2D eigenvalue weighted by Crippen LogP contribution is -2.30. The first-order valence-corrected chi connectivity index (χ1v) is 7.85. The lowest BCUT2D eigenvalue weighted by molar-refractivity contribution is 0.0948. The van der Waals surface area contributed by atoms with Crippen LogP contribution in [0, 0.1) is 0 Å². The molecule has 0 fully saturated rings. The van der Waals surface area contributed by atoms with E-state index in [1.54, 1.807) is 0 Å². The second-order valence-corrected chi connectivity index (χ2v) is 5.98. The molecule has 0 saturated carbocycles. The number of aromatic nitrogens is 2. The Hall–Kier alpha value is -1.37. The van der Waals surface area contributed by atoms with Gasteiger partial charge >= 0.3 is 0 Å². The van der Waals surface area contributed by atoms with E-state index in [4.69, 9.17) is 5.73 Å². The monoisotopic (exact) mass is 384 g/mol. The largest absolute Gasteiger partial charge is 0.349 e. The van der Waals surface area contributed by atoms with Gasteiger partial charge in [-0.3, -0.25) is 4.79 Å². The topological polar surface area (TPSA) is 72.9 Å². The number of benzene rings is 1. The van der Waals surface area contributed by atoms with Crippen molar-refractivity contribution >= 4 is 34.2 Å². The fraction of sp³-hybridized carbons (Fsp3) is 0.333.